The third-order valence-corrected chi connectivity index (χ3v) is 1.99. The minimum atomic E-state index is 0.0765. The molecule has 1 rings (SSSR count). The van der Waals surface area contributed by atoms with Crippen LogP contribution < -0.4 is 5.73 Å². The van der Waals surface area contributed by atoms with Gasteiger partial charge in [0, 0.05) is 38.9 Å². The quantitative estimate of drug-likeness (QED) is 0.588. The molecule has 0 aromatic carbocycles. The molecule has 1 fully saturated rings. The Labute approximate surface area is 68.5 Å². The van der Waals surface area contributed by atoms with Gasteiger partial charge in [-0.1, -0.05) is 0 Å². The lowest BCUT2D eigenvalue weighted by molar-refractivity contribution is 0.0720. The van der Waals surface area contributed by atoms with Crippen LogP contribution in [0.25, 0.3) is 0 Å². The maximum absolute atomic E-state index is 5.84. The van der Waals surface area contributed by atoms with E-state index >= 15 is 0 Å². The van der Waals surface area contributed by atoms with Gasteiger partial charge >= 0.3 is 0 Å². The topological polar surface area (TPSA) is 38.5 Å². The van der Waals surface area contributed by atoms with Crippen molar-refractivity contribution in [3.63, 3.8) is 0 Å². The molecule has 11 heavy (non-hydrogen) atoms. The Hall–Kier alpha value is -0.120. The lowest BCUT2D eigenvalue weighted by Gasteiger charge is -2.45. The summed E-state index contributed by atoms with van der Waals surface area (Å²) in [6.45, 7) is 6.16. The Kier molecular flexibility index (Phi) is 2.87. The highest BCUT2D eigenvalue weighted by atomic mass is 16.5. The molecule has 0 radical (unpaired) electrons. The van der Waals surface area contributed by atoms with E-state index in [1.807, 2.05) is 0 Å². The first-order chi connectivity index (χ1) is 5.14. The smallest absolute Gasteiger partial charge is 0.0474 e. The molecule has 0 aliphatic carbocycles. The molecule has 1 heterocycles. The first kappa shape index (κ1) is 8.97. The van der Waals surface area contributed by atoms with Crippen molar-refractivity contribution in [3.8, 4) is 0 Å². The van der Waals surface area contributed by atoms with Crippen LogP contribution in [0.2, 0.25) is 0 Å². The summed E-state index contributed by atoms with van der Waals surface area (Å²) in [4.78, 5) is 2.36. The fraction of sp³-hybridized carbons (Fsp3) is 1.00. The summed E-state index contributed by atoms with van der Waals surface area (Å²) < 4.78 is 4.95. The Morgan fingerprint density at radius 2 is 2.18 bits per heavy atom. The Morgan fingerprint density at radius 3 is 2.64 bits per heavy atom. The number of nitrogens with zero attached hydrogens (tertiary/aromatic N) is 1. The molecule has 3 nitrogen and oxygen atoms in total. The number of nitrogens with two attached hydrogens (primary N) is 1. The molecule has 0 aromatic rings. The van der Waals surface area contributed by atoms with Crippen molar-refractivity contribution >= 4 is 0 Å². The van der Waals surface area contributed by atoms with Crippen LogP contribution in [0.3, 0.4) is 0 Å². The second-order valence-corrected chi connectivity index (χ2v) is 3.71. The summed E-state index contributed by atoms with van der Waals surface area (Å²) in [5.74, 6) is 0. The molecule has 0 saturated carbocycles. The summed E-state index contributed by atoms with van der Waals surface area (Å²) in [6.07, 6.45) is 1.12. The van der Waals surface area contributed by atoms with Gasteiger partial charge in [-0.15, -0.1) is 0 Å². The summed E-state index contributed by atoms with van der Waals surface area (Å²) >= 11 is 0. The van der Waals surface area contributed by atoms with E-state index < -0.39 is 0 Å². The van der Waals surface area contributed by atoms with E-state index in [0.29, 0.717) is 0 Å². The van der Waals surface area contributed by atoms with E-state index in [1.165, 1.54) is 0 Å². The molecular formula is C8H18N2O. The molecule has 3 heteroatoms. The van der Waals surface area contributed by atoms with E-state index in [4.69, 9.17) is 10.5 Å². The van der Waals surface area contributed by atoms with Crippen LogP contribution in [0.4, 0.5) is 0 Å². The lowest BCUT2D eigenvalue weighted by Crippen LogP contribution is -2.65. The van der Waals surface area contributed by atoms with Gasteiger partial charge in [-0.3, -0.25) is 4.90 Å². The monoisotopic (exact) mass is 158 g/mol. The number of methoxy groups -OCH3 is 1. The molecule has 1 saturated heterocycles. The largest absolute Gasteiger partial charge is 0.385 e. The average molecular weight is 158 g/mol. The fourth-order valence-electron chi connectivity index (χ4n) is 1.57. The van der Waals surface area contributed by atoms with Gasteiger partial charge in [-0.05, 0) is 13.3 Å². The highest BCUT2D eigenvalue weighted by Gasteiger charge is 2.33. The highest BCUT2D eigenvalue weighted by Crippen LogP contribution is 2.16. The standard InChI is InChI=1S/C8H18N2O/c1-8(9)6-10(7-8)4-3-5-11-2/h3-7,9H2,1-2H3. The van der Waals surface area contributed by atoms with Crippen molar-refractivity contribution in [3.05, 3.63) is 0 Å². The molecule has 0 amide bonds. The molecule has 1 aliphatic rings. The average Bonchev–Trinajstić information content (AvgIpc) is 1.84. The number of rotatable bonds is 4. The molecular weight excluding hydrogens is 140 g/mol. The Balaban J connectivity index is 1.96. The third kappa shape index (κ3) is 2.77. The Bertz CT molecular complexity index is 117. The summed E-state index contributed by atoms with van der Waals surface area (Å²) in [7, 11) is 1.74. The van der Waals surface area contributed by atoms with Gasteiger partial charge in [-0.2, -0.15) is 0 Å². The Morgan fingerprint density at radius 1 is 1.55 bits per heavy atom. The third-order valence-electron chi connectivity index (χ3n) is 1.99. The van der Waals surface area contributed by atoms with Gasteiger partial charge in [-0.25, -0.2) is 0 Å². The van der Waals surface area contributed by atoms with Crippen molar-refractivity contribution < 1.29 is 4.74 Å². The molecule has 0 bridgehead atoms. The zero-order valence-corrected chi connectivity index (χ0v) is 7.47. The van der Waals surface area contributed by atoms with Gasteiger partial charge < -0.3 is 10.5 Å². The first-order valence-electron chi connectivity index (χ1n) is 4.14. The summed E-state index contributed by atoms with van der Waals surface area (Å²) in [5.41, 5.74) is 5.92. The van der Waals surface area contributed by atoms with Crippen LogP contribution in [0, 0.1) is 0 Å². The minimum absolute atomic E-state index is 0.0765. The van der Waals surface area contributed by atoms with E-state index in [9.17, 15) is 0 Å². The number of hydrogen-bond donors (Lipinski definition) is 1. The normalized spacial score (nSPS) is 23.2. The lowest BCUT2D eigenvalue weighted by atomic mass is 9.94. The van der Waals surface area contributed by atoms with Gasteiger partial charge in [0.15, 0.2) is 0 Å². The van der Waals surface area contributed by atoms with Crippen molar-refractivity contribution in [2.24, 2.45) is 5.73 Å². The van der Waals surface area contributed by atoms with Crippen molar-refractivity contribution in [1.82, 2.24) is 4.90 Å². The van der Waals surface area contributed by atoms with Crippen molar-refractivity contribution in [1.29, 1.82) is 0 Å². The molecule has 66 valence electrons. The predicted molar refractivity (Wildman–Crippen MR) is 45.5 cm³/mol. The predicted octanol–water partition coefficient (Wildman–Crippen LogP) is 0.0559. The molecule has 0 spiro atoms. The van der Waals surface area contributed by atoms with Crippen LogP contribution in [0.15, 0.2) is 0 Å². The fourth-order valence-corrected chi connectivity index (χ4v) is 1.57. The van der Waals surface area contributed by atoms with Crippen molar-refractivity contribution in [2.45, 2.75) is 18.9 Å². The first-order valence-corrected chi connectivity index (χ1v) is 4.14. The van der Waals surface area contributed by atoms with Crippen LogP contribution in [0.5, 0.6) is 0 Å². The second kappa shape index (κ2) is 3.52. The van der Waals surface area contributed by atoms with Gasteiger partial charge in [0.2, 0.25) is 0 Å². The summed E-state index contributed by atoms with van der Waals surface area (Å²) in [6, 6.07) is 0. The highest BCUT2D eigenvalue weighted by molar-refractivity contribution is 4.95. The van der Waals surface area contributed by atoms with Crippen molar-refractivity contribution in [2.75, 3.05) is 33.4 Å². The maximum atomic E-state index is 5.84. The molecule has 2 N–H and O–H groups in total. The molecule has 0 aromatic heterocycles. The summed E-state index contributed by atoms with van der Waals surface area (Å²) in [5, 5.41) is 0. The number of hydrogen-bond acceptors (Lipinski definition) is 3. The van der Waals surface area contributed by atoms with Crippen LogP contribution in [0.1, 0.15) is 13.3 Å². The van der Waals surface area contributed by atoms with Gasteiger partial charge in [0.1, 0.15) is 0 Å². The van der Waals surface area contributed by atoms with E-state index in [0.717, 1.165) is 32.7 Å². The van der Waals surface area contributed by atoms with Crippen LogP contribution >= 0.6 is 0 Å². The number of likely N-dealkylation sites (tertiary alicyclic amines) is 1. The zero-order valence-electron chi connectivity index (χ0n) is 7.47. The van der Waals surface area contributed by atoms with E-state index in [1.54, 1.807) is 7.11 Å². The second-order valence-electron chi connectivity index (χ2n) is 3.71. The SMILES string of the molecule is COCCCN1CC(C)(N)C1. The van der Waals surface area contributed by atoms with Crippen LogP contribution in [-0.2, 0) is 4.74 Å². The van der Waals surface area contributed by atoms with E-state index in [-0.39, 0.29) is 5.54 Å². The zero-order chi connectivity index (χ0) is 8.32. The minimum Gasteiger partial charge on any atom is -0.385 e. The number of ether oxygens (including phenoxy) is 1. The molecule has 0 atom stereocenters. The van der Waals surface area contributed by atoms with Gasteiger partial charge in [0.25, 0.3) is 0 Å². The van der Waals surface area contributed by atoms with Gasteiger partial charge in [0.05, 0.1) is 0 Å². The van der Waals surface area contributed by atoms with E-state index in [2.05, 4.69) is 11.8 Å². The van der Waals surface area contributed by atoms with Crippen LogP contribution in [-0.4, -0.2) is 43.8 Å². The molecule has 1 aliphatic heterocycles. The maximum Gasteiger partial charge on any atom is 0.0474 e. The molecule has 0 unspecified atom stereocenters.